The second-order valence-electron chi connectivity index (χ2n) is 5.76. The van der Waals surface area contributed by atoms with Crippen molar-refractivity contribution in [3.05, 3.63) is 60.2 Å². The van der Waals surface area contributed by atoms with Gasteiger partial charge < -0.3 is 15.5 Å². The van der Waals surface area contributed by atoms with E-state index in [1.807, 2.05) is 6.07 Å². The van der Waals surface area contributed by atoms with Crippen molar-refractivity contribution in [2.75, 3.05) is 13.6 Å². The van der Waals surface area contributed by atoms with Gasteiger partial charge in [-0.1, -0.05) is 30.9 Å². The van der Waals surface area contributed by atoms with Gasteiger partial charge in [-0.2, -0.15) is 5.26 Å². The Bertz CT molecular complexity index is 787. The first-order valence-electron chi connectivity index (χ1n) is 8.11. The summed E-state index contributed by atoms with van der Waals surface area (Å²) < 4.78 is 0. The Morgan fingerprint density at radius 2 is 2.12 bits per heavy atom. The minimum absolute atomic E-state index is 0. The van der Waals surface area contributed by atoms with Gasteiger partial charge in [-0.25, -0.2) is 0 Å². The van der Waals surface area contributed by atoms with Crippen LogP contribution in [-0.4, -0.2) is 48.3 Å². The molecule has 0 radical (unpaired) electrons. The van der Waals surface area contributed by atoms with E-state index in [1.165, 1.54) is 11.9 Å². The largest absolute Gasteiger partial charge is 0.357 e. The molecule has 0 saturated carbocycles. The van der Waals surface area contributed by atoms with Gasteiger partial charge in [-0.05, 0) is 23.8 Å². The number of carbonyl (C=O) groups is 3. The average molecular weight is 356 g/mol. The molecule has 1 aromatic carbocycles. The molecule has 0 saturated heterocycles. The Balaban J connectivity index is 0.00000364. The summed E-state index contributed by atoms with van der Waals surface area (Å²) in [5, 5.41) is 14.1. The molecule has 0 spiro atoms. The number of nitriles is 1. The van der Waals surface area contributed by atoms with Gasteiger partial charge in [-0.3, -0.25) is 14.4 Å². The lowest BCUT2D eigenvalue weighted by Gasteiger charge is -2.25. The molecule has 1 heterocycles. The maximum atomic E-state index is 12.6. The Morgan fingerprint density at radius 1 is 1.42 bits per heavy atom. The molecule has 1 aliphatic heterocycles. The number of amides is 3. The van der Waals surface area contributed by atoms with Crippen LogP contribution in [0.15, 0.2) is 49.1 Å². The minimum Gasteiger partial charge on any atom is -0.357 e. The first-order chi connectivity index (χ1) is 12.5. The third-order valence-electron chi connectivity index (χ3n) is 4.08. The number of hydrogen-bond acceptors (Lipinski definition) is 4. The number of rotatable bonds is 6. The number of nitrogens with zero attached hydrogens (tertiary/aromatic N) is 2. The van der Waals surface area contributed by atoms with E-state index in [9.17, 15) is 14.4 Å². The zero-order valence-corrected chi connectivity index (χ0v) is 14.4. The molecule has 3 amide bonds. The third kappa shape index (κ3) is 4.36. The van der Waals surface area contributed by atoms with Crippen LogP contribution in [0.25, 0.3) is 0 Å². The molecule has 1 aliphatic rings. The molecule has 138 valence electrons. The highest BCUT2D eigenvalue weighted by molar-refractivity contribution is 5.96. The molecule has 0 aromatic heterocycles. The van der Waals surface area contributed by atoms with Crippen molar-refractivity contribution in [1.82, 2.24) is 15.5 Å². The fourth-order valence-electron chi connectivity index (χ4n) is 2.69. The molecule has 0 aliphatic carbocycles. The van der Waals surface area contributed by atoms with Crippen molar-refractivity contribution in [2.45, 2.75) is 18.5 Å². The van der Waals surface area contributed by atoms with Crippen LogP contribution in [0.1, 0.15) is 14.0 Å². The summed E-state index contributed by atoms with van der Waals surface area (Å²) in [7, 11) is 1.49. The topological polar surface area (TPSA) is 102 Å². The highest BCUT2D eigenvalue weighted by Crippen LogP contribution is 2.12. The zero-order valence-electron chi connectivity index (χ0n) is 14.4. The third-order valence-corrected chi connectivity index (χ3v) is 4.08. The SMILES string of the molecule is C=CC(=O)N1CC=C[C@H]1C(=O)N[C@@H](Cc1ccc(C#N)cc1)C(=O)NC.[HH].[HH]. The lowest BCUT2D eigenvalue weighted by molar-refractivity contribution is -0.135. The van der Waals surface area contributed by atoms with Crippen molar-refractivity contribution >= 4 is 17.7 Å². The van der Waals surface area contributed by atoms with E-state index in [1.54, 1.807) is 36.4 Å². The first-order valence-corrected chi connectivity index (χ1v) is 8.11. The van der Waals surface area contributed by atoms with E-state index in [2.05, 4.69) is 17.2 Å². The van der Waals surface area contributed by atoms with Gasteiger partial charge in [0.1, 0.15) is 12.1 Å². The monoisotopic (exact) mass is 356 g/mol. The molecule has 2 N–H and O–H groups in total. The number of nitrogens with one attached hydrogen (secondary N) is 2. The van der Waals surface area contributed by atoms with Crippen LogP contribution in [0.3, 0.4) is 0 Å². The quantitative estimate of drug-likeness (QED) is 0.581. The fourth-order valence-corrected chi connectivity index (χ4v) is 2.69. The predicted octanol–water partition coefficient (Wildman–Crippen LogP) is 0.777. The van der Waals surface area contributed by atoms with Crippen molar-refractivity contribution in [3.8, 4) is 6.07 Å². The van der Waals surface area contributed by atoms with E-state index in [0.29, 0.717) is 12.1 Å². The molecule has 7 heteroatoms. The summed E-state index contributed by atoms with van der Waals surface area (Å²) in [6.07, 6.45) is 4.77. The summed E-state index contributed by atoms with van der Waals surface area (Å²) in [5.41, 5.74) is 1.32. The normalized spacial score (nSPS) is 16.5. The maximum absolute atomic E-state index is 12.6. The zero-order chi connectivity index (χ0) is 19.1. The number of benzene rings is 1. The number of hydrogen-bond donors (Lipinski definition) is 2. The standard InChI is InChI=1S/C19H20N4O3.2H2/c1-3-17(24)23-10-4-5-16(23)19(26)22-15(18(25)21-2)11-13-6-8-14(12-20)9-7-13;;/h3-9,15-16H,1,10-11H2,2H3,(H,21,25)(H,22,26);2*1H/t15-,16-;;/m0../s1. The van der Waals surface area contributed by atoms with E-state index in [4.69, 9.17) is 5.26 Å². The van der Waals surface area contributed by atoms with Gasteiger partial charge in [0.05, 0.1) is 11.6 Å². The Hall–Kier alpha value is -3.40. The summed E-state index contributed by atoms with van der Waals surface area (Å²) in [4.78, 5) is 38.0. The van der Waals surface area contributed by atoms with Crippen LogP contribution in [0.5, 0.6) is 0 Å². The smallest absolute Gasteiger partial charge is 0.247 e. The fraction of sp³-hybridized carbons (Fsp3) is 0.263. The first kappa shape index (κ1) is 18.9. The van der Waals surface area contributed by atoms with Gasteiger partial charge in [0.2, 0.25) is 17.7 Å². The van der Waals surface area contributed by atoms with Crippen LogP contribution in [0.2, 0.25) is 0 Å². The second-order valence-corrected chi connectivity index (χ2v) is 5.76. The Labute approximate surface area is 154 Å². The molecule has 0 unspecified atom stereocenters. The van der Waals surface area contributed by atoms with Crippen LogP contribution >= 0.6 is 0 Å². The average Bonchev–Trinajstić information content (AvgIpc) is 3.16. The highest BCUT2D eigenvalue weighted by Gasteiger charge is 2.31. The molecular weight excluding hydrogens is 332 g/mol. The molecule has 1 aromatic rings. The maximum Gasteiger partial charge on any atom is 0.247 e. The summed E-state index contributed by atoms with van der Waals surface area (Å²) in [6.45, 7) is 3.76. The van der Waals surface area contributed by atoms with E-state index < -0.39 is 18.0 Å². The van der Waals surface area contributed by atoms with Crippen LogP contribution in [0.4, 0.5) is 0 Å². The molecule has 7 nitrogen and oxygen atoms in total. The van der Waals surface area contributed by atoms with E-state index in [-0.39, 0.29) is 21.1 Å². The van der Waals surface area contributed by atoms with E-state index >= 15 is 0 Å². The van der Waals surface area contributed by atoms with Gasteiger partial charge in [0.15, 0.2) is 0 Å². The Kier molecular flexibility index (Phi) is 6.28. The summed E-state index contributed by atoms with van der Waals surface area (Å²) >= 11 is 0. The van der Waals surface area contributed by atoms with Crippen LogP contribution < -0.4 is 10.6 Å². The van der Waals surface area contributed by atoms with Crippen molar-refractivity contribution < 1.29 is 17.2 Å². The van der Waals surface area contributed by atoms with Gasteiger partial charge >= 0.3 is 0 Å². The molecule has 0 bridgehead atoms. The molecular formula is C19H24N4O3. The van der Waals surface area contributed by atoms with Crippen molar-refractivity contribution in [3.63, 3.8) is 0 Å². The highest BCUT2D eigenvalue weighted by atomic mass is 16.2. The second kappa shape index (κ2) is 8.62. The molecule has 2 rings (SSSR count). The van der Waals surface area contributed by atoms with Crippen molar-refractivity contribution in [1.29, 1.82) is 5.26 Å². The van der Waals surface area contributed by atoms with Gasteiger partial charge in [-0.15, -0.1) is 0 Å². The van der Waals surface area contributed by atoms with Gasteiger partial charge in [0.25, 0.3) is 0 Å². The van der Waals surface area contributed by atoms with Crippen LogP contribution in [-0.2, 0) is 20.8 Å². The van der Waals surface area contributed by atoms with Crippen LogP contribution in [0, 0.1) is 11.3 Å². The van der Waals surface area contributed by atoms with Gasteiger partial charge in [0, 0.05) is 22.9 Å². The lowest BCUT2D eigenvalue weighted by Crippen LogP contribution is -2.53. The minimum atomic E-state index is -0.796. The van der Waals surface area contributed by atoms with E-state index in [0.717, 1.165) is 11.6 Å². The number of carbonyl (C=O) groups excluding carboxylic acids is 3. The molecule has 26 heavy (non-hydrogen) atoms. The Morgan fingerprint density at radius 3 is 2.69 bits per heavy atom. The van der Waals surface area contributed by atoms with Crippen molar-refractivity contribution in [2.24, 2.45) is 0 Å². The molecule has 2 atom stereocenters. The molecule has 0 fully saturated rings. The number of likely N-dealkylation sites (N-methyl/N-ethyl adjacent to an activating group) is 1. The summed E-state index contributed by atoms with van der Waals surface area (Å²) in [6, 6.07) is 7.25. The summed E-state index contributed by atoms with van der Waals surface area (Å²) in [5.74, 6) is -1.12. The predicted molar refractivity (Wildman–Crippen MR) is 99.9 cm³/mol. The lowest BCUT2D eigenvalue weighted by atomic mass is 10.0.